The SMILES string of the molecule is CC(C(O)C(O)[C@@H](C)[C@H]1CC[C@H]2[C@@H]3CC(=O)[C@H]4CC(O)C(O)C[C@]4(C)[C@H]3CC[C@]12C)C(C)(C)C. The smallest absolute Gasteiger partial charge is 0.136 e. The lowest BCUT2D eigenvalue weighted by Gasteiger charge is -2.61. The standard InChI is InChI=1S/C29H50O5/c1-15(25(33)26(34)16(2)27(3,4)5)18-8-9-19-17-12-22(30)21-13-23(31)24(32)14-29(21,7)20(17)10-11-28(18,19)6/h15-21,23-26,31-34H,8-14H2,1-7H3/t15-,16?,17-,18+,19-,20-,21+,23?,24?,25?,26?,28+,29+/m0/s1. The molecule has 0 bridgehead atoms. The fourth-order valence-electron chi connectivity index (χ4n) is 9.33. The van der Waals surface area contributed by atoms with Crippen LogP contribution in [0.1, 0.15) is 93.4 Å². The molecule has 196 valence electrons. The van der Waals surface area contributed by atoms with Gasteiger partial charge in [-0.3, -0.25) is 4.79 Å². The highest BCUT2D eigenvalue weighted by atomic mass is 16.3. The number of hydrogen-bond donors (Lipinski definition) is 4. The molecule has 13 atom stereocenters. The Hall–Kier alpha value is -0.490. The number of rotatable bonds is 4. The molecule has 0 saturated heterocycles. The van der Waals surface area contributed by atoms with Crippen LogP contribution in [0.2, 0.25) is 0 Å². The number of Topliss-reactive ketones (excluding diaryl/α,β-unsaturated/α-hetero) is 1. The van der Waals surface area contributed by atoms with Gasteiger partial charge in [-0.25, -0.2) is 0 Å². The third-order valence-corrected chi connectivity index (χ3v) is 12.0. The first kappa shape index (κ1) is 26.6. The zero-order valence-electron chi connectivity index (χ0n) is 22.5. The molecule has 4 aliphatic rings. The summed E-state index contributed by atoms with van der Waals surface area (Å²) in [5.74, 6) is 1.63. The monoisotopic (exact) mass is 478 g/mol. The highest BCUT2D eigenvalue weighted by molar-refractivity contribution is 5.83. The fourth-order valence-corrected chi connectivity index (χ4v) is 9.33. The molecular formula is C29H50O5. The Balaban J connectivity index is 1.55. The van der Waals surface area contributed by atoms with Gasteiger partial charge in [-0.2, -0.15) is 0 Å². The van der Waals surface area contributed by atoms with Crippen molar-refractivity contribution in [1.29, 1.82) is 0 Å². The van der Waals surface area contributed by atoms with Crippen LogP contribution in [0.15, 0.2) is 0 Å². The fraction of sp³-hybridized carbons (Fsp3) is 0.966. The van der Waals surface area contributed by atoms with Crippen molar-refractivity contribution in [3.05, 3.63) is 0 Å². The van der Waals surface area contributed by atoms with Gasteiger partial charge in [0.25, 0.3) is 0 Å². The Bertz CT molecular complexity index is 775. The van der Waals surface area contributed by atoms with Crippen LogP contribution in [-0.2, 0) is 4.79 Å². The van der Waals surface area contributed by atoms with E-state index in [4.69, 9.17) is 0 Å². The van der Waals surface area contributed by atoms with E-state index in [1.807, 2.05) is 6.92 Å². The molecule has 4 aliphatic carbocycles. The molecule has 4 N–H and O–H groups in total. The zero-order chi connectivity index (χ0) is 25.4. The average molecular weight is 479 g/mol. The predicted molar refractivity (Wildman–Crippen MR) is 133 cm³/mol. The Morgan fingerprint density at radius 3 is 2.15 bits per heavy atom. The quantitative estimate of drug-likeness (QED) is 0.486. The number of ketones is 1. The molecule has 34 heavy (non-hydrogen) atoms. The van der Waals surface area contributed by atoms with Gasteiger partial charge in [-0.1, -0.05) is 48.5 Å². The van der Waals surface area contributed by atoms with Gasteiger partial charge in [0.05, 0.1) is 24.4 Å². The van der Waals surface area contributed by atoms with Gasteiger partial charge in [0.2, 0.25) is 0 Å². The molecule has 0 aliphatic heterocycles. The van der Waals surface area contributed by atoms with E-state index in [1.165, 1.54) is 0 Å². The molecule has 0 radical (unpaired) electrons. The van der Waals surface area contributed by atoms with E-state index in [-0.39, 0.29) is 39.8 Å². The summed E-state index contributed by atoms with van der Waals surface area (Å²) in [6.45, 7) is 15.1. The Labute approximate surface area is 206 Å². The largest absolute Gasteiger partial charge is 0.390 e. The van der Waals surface area contributed by atoms with Crippen molar-refractivity contribution in [3.63, 3.8) is 0 Å². The summed E-state index contributed by atoms with van der Waals surface area (Å²) in [4.78, 5) is 13.3. The molecule has 4 saturated carbocycles. The maximum atomic E-state index is 13.3. The molecule has 0 heterocycles. The van der Waals surface area contributed by atoms with E-state index in [0.717, 1.165) is 25.7 Å². The lowest BCUT2D eigenvalue weighted by molar-refractivity contribution is -0.175. The summed E-state index contributed by atoms with van der Waals surface area (Å²) in [6, 6.07) is 0. The van der Waals surface area contributed by atoms with Crippen LogP contribution in [0.25, 0.3) is 0 Å². The third-order valence-electron chi connectivity index (χ3n) is 12.0. The van der Waals surface area contributed by atoms with Crippen LogP contribution < -0.4 is 0 Å². The van der Waals surface area contributed by atoms with E-state index >= 15 is 0 Å². The minimum atomic E-state index is -0.785. The summed E-state index contributed by atoms with van der Waals surface area (Å²) in [5, 5.41) is 43.1. The van der Waals surface area contributed by atoms with E-state index in [0.29, 0.717) is 42.9 Å². The van der Waals surface area contributed by atoms with Crippen LogP contribution in [0.4, 0.5) is 0 Å². The van der Waals surface area contributed by atoms with E-state index < -0.39 is 24.4 Å². The van der Waals surface area contributed by atoms with Gasteiger partial charge in [-0.15, -0.1) is 0 Å². The second kappa shape index (κ2) is 8.82. The Kier molecular flexibility index (Phi) is 6.89. The van der Waals surface area contributed by atoms with E-state index in [9.17, 15) is 25.2 Å². The first-order valence-corrected chi connectivity index (χ1v) is 13.9. The molecule has 0 spiro atoms. The van der Waals surface area contributed by atoms with Crippen LogP contribution in [-0.4, -0.2) is 50.6 Å². The van der Waals surface area contributed by atoms with Crippen LogP contribution in [0.3, 0.4) is 0 Å². The van der Waals surface area contributed by atoms with Crippen LogP contribution >= 0.6 is 0 Å². The van der Waals surface area contributed by atoms with Gasteiger partial charge in [0, 0.05) is 12.3 Å². The molecule has 5 nitrogen and oxygen atoms in total. The molecule has 4 fully saturated rings. The number of carbonyl (C=O) groups is 1. The van der Waals surface area contributed by atoms with Crippen LogP contribution in [0, 0.1) is 57.7 Å². The van der Waals surface area contributed by atoms with Crippen molar-refractivity contribution >= 4 is 5.78 Å². The van der Waals surface area contributed by atoms with Gasteiger partial charge >= 0.3 is 0 Å². The van der Waals surface area contributed by atoms with Crippen molar-refractivity contribution in [2.24, 2.45) is 57.7 Å². The number of carbonyl (C=O) groups excluding carboxylic acids is 1. The number of hydrogen-bond acceptors (Lipinski definition) is 5. The van der Waals surface area contributed by atoms with Gasteiger partial charge in [0.15, 0.2) is 0 Å². The van der Waals surface area contributed by atoms with Crippen molar-refractivity contribution in [1.82, 2.24) is 0 Å². The van der Waals surface area contributed by atoms with Crippen molar-refractivity contribution in [3.8, 4) is 0 Å². The molecule has 5 unspecified atom stereocenters. The molecule has 0 aromatic carbocycles. The minimum Gasteiger partial charge on any atom is -0.390 e. The predicted octanol–water partition coefficient (Wildman–Crippen LogP) is 4.20. The summed E-state index contributed by atoms with van der Waals surface area (Å²) in [7, 11) is 0. The second-order valence-corrected chi connectivity index (χ2v) is 14.4. The van der Waals surface area contributed by atoms with Gasteiger partial charge in [-0.05, 0) is 90.3 Å². The zero-order valence-corrected chi connectivity index (χ0v) is 22.5. The van der Waals surface area contributed by atoms with E-state index in [2.05, 4.69) is 41.5 Å². The topological polar surface area (TPSA) is 98.0 Å². The highest BCUT2D eigenvalue weighted by Crippen LogP contribution is 2.68. The second-order valence-electron chi connectivity index (χ2n) is 14.4. The minimum absolute atomic E-state index is 0.000581. The maximum Gasteiger partial charge on any atom is 0.136 e. The molecule has 5 heteroatoms. The molecule has 4 rings (SSSR count). The number of aliphatic hydroxyl groups is 4. The summed E-state index contributed by atoms with van der Waals surface area (Å²) >= 11 is 0. The van der Waals surface area contributed by atoms with Crippen molar-refractivity contribution < 1.29 is 25.2 Å². The lowest BCUT2D eigenvalue weighted by Crippen LogP contribution is -2.59. The first-order chi connectivity index (χ1) is 15.6. The van der Waals surface area contributed by atoms with Gasteiger partial charge in [0.1, 0.15) is 5.78 Å². The lowest BCUT2D eigenvalue weighted by atomic mass is 9.44. The van der Waals surface area contributed by atoms with Crippen molar-refractivity contribution in [2.45, 2.75) is 118 Å². The van der Waals surface area contributed by atoms with Gasteiger partial charge < -0.3 is 20.4 Å². The molecule has 0 aromatic rings. The maximum absolute atomic E-state index is 13.3. The Morgan fingerprint density at radius 2 is 1.53 bits per heavy atom. The van der Waals surface area contributed by atoms with Crippen LogP contribution in [0.5, 0.6) is 0 Å². The first-order valence-electron chi connectivity index (χ1n) is 13.9. The molecular weight excluding hydrogens is 428 g/mol. The summed E-state index contributed by atoms with van der Waals surface area (Å²) in [6.07, 6.45) is 2.72. The van der Waals surface area contributed by atoms with E-state index in [1.54, 1.807) is 0 Å². The number of fused-ring (bicyclic) bond motifs is 5. The van der Waals surface area contributed by atoms with Crippen molar-refractivity contribution in [2.75, 3.05) is 0 Å². The Morgan fingerprint density at radius 1 is 0.912 bits per heavy atom. The average Bonchev–Trinajstić information content (AvgIpc) is 3.10. The molecule has 0 aromatic heterocycles. The highest BCUT2D eigenvalue weighted by Gasteiger charge is 2.63. The summed E-state index contributed by atoms with van der Waals surface area (Å²) < 4.78 is 0. The molecule has 0 amide bonds. The summed E-state index contributed by atoms with van der Waals surface area (Å²) in [5.41, 5.74) is -0.253. The third kappa shape index (κ3) is 4.01. The number of aliphatic hydroxyl groups excluding tert-OH is 4. The normalized spacial score (nSPS) is 48.3.